The van der Waals surface area contributed by atoms with Crippen LogP contribution >= 0.6 is 0 Å². The Morgan fingerprint density at radius 2 is 1.16 bits per heavy atom. The summed E-state index contributed by atoms with van der Waals surface area (Å²) in [5.41, 5.74) is 3.77. The third-order valence-corrected chi connectivity index (χ3v) is 5.61. The van der Waals surface area contributed by atoms with Gasteiger partial charge < -0.3 is 4.90 Å². The molecule has 0 unspecified atom stereocenters. The minimum Gasteiger partial charge on any atom is -0.345 e. The van der Waals surface area contributed by atoms with E-state index >= 15 is 0 Å². The van der Waals surface area contributed by atoms with Crippen LogP contribution in [0.25, 0.3) is 0 Å². The molecule has 100 valence electrons. The molecular weight excluding hydrogens is 246 g/mol. The quantitative estimate of drug-likeness (QED) is 0.751. The third kappa shape index (κ3) is 3.27. The maximum Gasteiger partial charge on any atom is 0.0775 e. The third-order valence-electron chi connectivity index (χ3n) is 3.54. The molecule has 0 aliphatic carbocycles. The smallest absolute Gasteiger partial charge is 0.0775 e. The van der Waals surface area contributed by atoms with Crippen molar-refractivity contribution in [3.8, 4) is 0 Å². The molecule has 0 saturated carbocycles. The van der Waals surface area contributed by atoms with Gasteiger partial charge in [0.05, 0.1) is 8.07 Å². The summed E-state index contributed by atoms with van der Waals surface area (Å²) in [4.78, 5) is 2.23. The van der Waals surface area contributed by atoms with E-state index in [1.165, 1.54) is 22.1 Å². The lowest BCUT2D eigenvalue weighted by Gasteiger charge is -2.22. The molecule has 2 aromatic rings. The molecule has 0 aromatic heterocycles. The van der Waals surface area contributed by atoms with Crippen molar-refractivity contribution in [3.63, 3.8) is 0 Å². The summed E-state index contributed by atoms with van der Waals surface area (Å²) < 4.78 is 0. The number of hydrogen-bond donors (Lipinski definition) is 0. The first-order valence-electron chi connectivity index (χ1n) is 6.79. The summed E-state index contributed by atoms with van der Waals surface area (Å²) >= 11 is 0. The van der Waals surface area contributed by atoms with Crippen molar-refractivity contribution < 1.29 is 0 Å². The van der Waals surface area contributed by atoms with Gasteiger partial charge in [0.1, 0.15) is 0 Å². The van der Waals surface area contributed by atoms with Gasteiger partial charge in [0.2, 0.25) is 0 Å². The molecule has 0 fully saturated rings. The van der Waals surface area contributed by atoms with E-state index < -0.39 is 8.07 Å². The van der Waals surface area contributed by atoms with Gasteiger partial charge in [-0.05, 0) is 31.2 Å². The van der Waals surface area contributed by atoms with Crippen LogP contribution in [0, 0.1) is 6.92 Å². The first kappa shape index (κ1) is 13.9. The number of rotatable bonds is 3. The van der Waals surface area contributed by atoms with E-state index in [4.69, 9.17) is 0 Å². The zero-order valence-corrected chi connectivity index (χ0v) is 13.6. The highest BCUT2D eigenvalue weighted by molar-refractivity contribution is 6.88. The predicted octanol–water partition coefficient (Wildman–Crippen LogP) is 4.31. The lowest BCUT2D eigenvalue weighted by Crippen LogP contribution is -2.37. The van der Waals surface area contributed by atoms with Gasteiger partial charge in [0, 0.05) is 18.4 Å². The van der Waals surface area contributed by atoms with Gasteiger partial charge in [0.15, 0.2) is 0 Å². The van der Waals surface area contributed by atoms with Crippen molar-refractivity contribution in [1.82, 2.24) is 0 Å². The molecule has 0 aliphatic heterocycles. The molecule has 0 bridgehead atoms. The molecule has 19 heavy (non-hydrogen) atoms. The highest BCUT2D eigenvalue weighted by Gasteiger charge is 2.16. The average Bonchev–Trinajstić information content (AvgIpc) is 2.38. The van der Waals surface area contributed by atoms with E-state index in [1.54, 1.807) is 0 Å². The van der Waals surface area contributed by atoms with Gasteiger partial charge in [-0.1, -0.05) is 54.7 Å². The maximum atomic E-state index is 2.38. The molecule has 0 spiro atoms. The van der Waals surface area contributed by atoms with E-state index in [-0.39, 0.29) is 0 Å². The first-order valence-corrected chi connectivity index (χ1v) is 10.3. The fraction of sp³-hybridized carbons (Fsp3) is 0.294. The summed E-state index contributed by atoms with van der Waals surface area (Å²) in [6, 6.07) is 17.7. The van der Waals surface area contributed by atoms with Gasteiger partial charge in [-0.2, -0.15) is 0 Å². The second kappa shape index (κ2) is 5.22. The van der Waals surface area contributed by atoms with Crippen LogP contribution in [0.3, 0.4) is 0 Å². The van der Waals surface area contributed by atoms with Crippen LogP contribution in [-0.4, -0.2) is 15.1 Å². The second-order valence-electron chi connectivity index (χ2n) is 6.19. The molecule has 0 aliphatic rings. The SMILES string of the molecule is Cc1ccc(N(C)c2ccc([Si](C)(C)C)cc2)cc1. The predicted molar refractivity (Wildman–Crippen MR) is 88.7 cm³/mol. The molecule has 0 atom stereocenters. The lowest BCUT2D eigenvalue weighted by molar-refractivity contribution is 1.21. The molecule has 1 nitrogen and oxygen atoms in total. The van der Waals surface area contributed by atoms with E-state index in [9.17, 15) is 0 Å². The van der Waals surface area contributed by atoms with Crippen molar-refractivity contribution in [1.29, 1.82) is 0 Å². The lowest BCUT2D eigenvalue weighted by atomic mass is 10.2. The van der Waals surface area contributed by atoms with E-state index in [1.807, 2.05) is 0 Å². The van der Waals surface area contributed by atoms with Gasteiger partial charge in [-0.15, -0.1) is 0 Å². The molecule has 0 amide bonds. The van der Waals surface area contributed by atoms with Crippen LogP contribution in [0.5, 0.6) is 0 Å². The summed E-state index contributed by atoms with van der Waals surface area (Å²) in [7, 11) is 0.923. The van der Waals surface area contributed by atoms with Crippen molar-refractivity contribution in [3.05, 3.63) is 54.1 Å². The number of hydrogen-bond acceptors (Lipinski definition) is 1. The molecule has 2 rings (SSSR count). The Labute approximate surface area is 117 Å². The van der Waals surface area contributed by atoms with Crippen molar-refractivity contribution in [2.75, 3.05) is 11.9 Å². The fourth-order valence-electron chi connectivity index (χ4n) is 2.10. The zero-order chi connectivity index (χ0) is 14.0. The minimum atomic E-state index is -1.20. The Hall–Kier alpha value is -1.54. The Balaban J connectivity index is 2.25. The molecule has 0 saturated heterocycles. The Morgan fingerprint density at radius 3 is 1.58 bits per heavy atom. The van der Waals surface area contributed by atoms with Crippen LogP contribution in [0.1, 0.15) is 5.56 Å². The second-order valence-corrected chi connectivity index (χ2v) is 11.3. The Kier molecular flexibility index (Phi) is 3.81. The van der Waals surface area contributed by atoms with Crippen LogP contribution in [0.15, 0.2) is 48.5 Å². The zero-order valence-electron chi connectivity index (χ0n) is 12.6. The van der Waals surface area contributed by atoms with Crippen LogP contribution in [0.4, 0.5) is 11.4 Å². The largest absolute Gasteiger partial charge is 0.345 e. The summed E-state index contributed by atoms with van der Waals surface area (Å²) in [5, 5.41) is 1.51. The highest BCUT2D eigenvalue weighted by atomic mass is 28.3. The first-order chi connectivity index (χ1) is 8.88. The standard InChI is InChI=1S/C17H23NSi/c1-14-6-8-15(9-7-14)18(2)16-10-12-17(13-11-16)19(3,4)5/h6-13H,1-5H3. The number of nitrogens with zero attached hydrogens (tertiary/aromatic N) is 1. The fourth-order valence-corrected chi connectivity index (χ4v) is 3.27. The minimum absolute atomic E-state index is 1.20. The van der Waals surface area contributed by atoms with Crippen molar-refractivity contribution in [2.45, 2.75) is 26.6 Å². The Bertz CT molecular complexity index is 535. The topological polar surface area (TPSA) is 3.24 Å². The molecular formula is C17H23NSi. The number of anilines is 2. The van der Waals surface area contributed by atoms with E-state index in [0.717, 1.165) is 0 Å². The summed E-state index contributed by atoms with van der Waals surface area (Å²) in [6.45, 7) is 9.26. The normalized spacial score (nSPS) is 11.4. The van der Waals surface area contributed by atoms with E-state index in [0.29, 0.717) is 0 Å². The van der Waals surface area contributed by atoms with Crippen LogP contribution in [0.2, 0.25) is 19.6 Å². The van der Waals surface area contributed by atoms with Crippen LogP contribution < -0.4 is 10.1 Å². The molecule has 2 heteroatoms. The molecule has 0 heterocycles. The van der Waals surface area contributed by atoms with Gasteiger partial charge in [-0.25, -0.2) is 0 Å². The van der Waals surface area contributed by atoms with Crippen molar-refractivity contribution in [2.24, 2.45) is 0 Å². The maximum absolute atomic E-state index is 2.38. The number of benzene rings is 2. The summed E-state index contributed by atoms with van der Waals surface area (Å²) in [5.74, 6) is 0. The van der Waals surface area contributed by atoms with E-state index in [2.05, 4.69) is 87.0 Å². The van der Waals surface area contributed by atoms with Gasteiger partial charge in [0.25, 0.3) is 0 Å². The Morgan fingerprint density at radius 1 is 0.737 bits per heavy atom. The molecule has 0 N–H and O–H groups in total. The monoisotopic (exact) mass is 269 g/mol. The molecule has 2 aromatic carbocycles. The molecule has 0 radical (unpaired) electrons. The average molecular weight is 269 g/mol. The van der Waals surface area contributed by atoms with Gasteiger partial charge >= 0.3 is 0 Å². The van der Waals surface area contributed by atoms with Crippen molar-refractivity contribution >= 4 is 24.6 Å². The highest BCUT2D eigenvalue weighted by Crippen LogP contribution is 2.23. The summed E-state index contributed by atoms with van der Waals surface area (Å²) in [6.07, 6.45) is 0. The van der Waals surface area contributed by atoms with Crippen LogP contribution in [-0.2, 0) is 0 Å². The van der Waals surface area contributed by atoms with Gasteiger partial charge in [-0.3, -0.25) is 0 Å². The number of aryl methyl sites for hydroxylation is 1.